The molecule has 0 radical (unpaired) electrons. The van der Waals surface area contributed by atoms with Gasteiger partial charge in [-0.15, -0.1) is 0 Å². The van der Waals surface area contributed by atoms with Crippen LogP contribution < -0.4 is 10.1 Å². The van der Waals surface area contributed by atoms with E-state index in [2.05, 4.69) is 5.32 Å². The Morgan fingerprint density at radius 2 is 1.96 bits per heavy atom. The lowest BCUT2D eigenvalue weighted by Crippen LogP contribution is -2.22. The highest BCUT2D eigenvalue weighted by molar-refractivity contribution is 5.99. The van der Waals surface area contributed by atoms with Crippen molar-refractivity contribution in [3.05, 3.63) is 51.8 Å². The molecule has 0 aliphatic carbocycles. The summed E-state index contributed by atoms with van der Waals surface area (Å²) in [5, 5.41) is 13.2. The van der Waals surface area contributed by atoms with Crippen molar-refractivity contribution in [1.29, 1.82) is 0 Å². The Morgan fingerprint density at radius 1 is 1.26 bits per heavy atom. The molecule has 0 unspecified atom stereocenters. The Kier molecular flexibility index (Phi) is 5.91. The number of nitro benzene ring substituents is 1. The smallest absolute Gasteiger partial charge is 0.355 e. The summed E-state index contributed by atoms with van der Waals surface area (Å²) in [6.45, 7) is 0.787. The third kappa shape index (κ3) is 4.69. The number of carbonyl (C=O) groups excluding carboxylic acids is 3. The fraction of sp³-hybridized carbons (Fsp3) is 0.235. The third-order valence-electron chi connectivity index (χ3n) is 3.62. The highest BCUT2D eigenvalue weighted by atomic mass is 16.6. The van der Waals surface area contributed by atoms with E-state index in [-0.39, 0.29) is 28.6 Å². The summed E-state index contributed by atoms with van der Waals surface area (Å²) in [6, 6.07) is 5.06. The van der Waals surface area contributed by atoms with Crippen molar-refractivity contribution in [1.82, 2.24) is 4.57 Å². The summed E-state index contributed by atoms with van der Waals surface area (Å²) in [5.74, 6) is -1.53. The van der Waals surface area contributed by atoms with Gasteiger partial charge in [0, 0.05) is 24.9 Å². The summed E-state index contributed by atoms with van der Waals surface area (Å²) < 4.78 is 11.4. The fourth-order valence-electron chi connectivity index (χ4n) is 2.25. The molecule has 1 heterocycles. The first-order valence-electron chi connectivity index (χ1n) is 7.69. The van der Waals surface area contributed by atoms with Crippen molar-refractivity contribution < 1.29 is 28.8 Å². The van der Waals surface area contributed by atoms with Crippen LogP contribution in [0.2, 0.25) is 0 Å². The molecule has 1 aromatic heterocycles. The number of hydrogen-bond acceptors (Lipinski definition) is 7. The summed E-state index contributed by atoms with van der Waals surface area (Å²) >= 11 is 0. The van der Waals surface area contributed by atoms with Gasteiger partial charge in [0.05, 0.1) is 23.8 Å². The number of nitrogens with one attached hydrogen (secondary N) is 1. The molecule has 2 aromatic rings. The van der Waals surface area contributed by atoms with Gasteiger partial charge in [0.15, 0.2) is 12.4 Å². The molecule has 2 rings (SSSR count). The normalized spacial score (nSPS) is 10.2. The number of benzene rings is 1. The van der Waals surface area contributed by atoms with Crippen molar-refractivity contribution in [2.24, 2.45) is 7.05 Å². The molecule has 0 saturated heterocycles. The molecular formula is C17H17N3O7. The van der Waals surface area contributed by atoms with Crippen LogP contribution >= 0.6 is 0 Å². The maximum Gasteiger partial charge on any atom is 0.355 e. The number of aryl methyl sites for hydroxylation is 1. The monoisotopic (exact) mass is 375 g/mol. The van der Waals surface area contributed by atoms with Crippen LogP contribution in [0.15, 0.2) is 30.5 Å². The number of amides is 1. The van der Waals surface area contributed by atoms with E-state index in [1.165, 1.54) is 43.0 Å². The lowest BCUT2D eigenvalue weighted by molar-refractivity contribution is -0.384. The van der Waals surface area contributed by atoms with Crippen molar-refractivity contribution >= 4 is 29.0 Å². The molecule has 1 aromatic carbocycles. The maximum atomic E-state index is 12.1. The van der Waals surface area contributed by atoms with E-state index in [0.29, 0.717) is 5.56 Å². The average molecular weight is 375 g/mol. The average Bonchev–Trinajstić information content (AvgIpc) is 3.02. The number of aromatic nitrogens is 1. The number of nitrogens with zero attached hydrogens (tertiary/aromatic N) is 2. The molecule has 1 N–H and O–H groups in total. The van der Waals surface area contributed by atoms with Crippen molar-refractivity contribution in [3.8, 4) is 5.75 Å². The molecule has 27 heavy (non-hydrogen) atoms. The van der Waals surface area contributed by atoms with Crippen LogP contribution in [-0.2, 0) is 16.6 Å². The van der Waals surface area contributed by atoms with Crippen LogP contribution in [0.3, 0.4) is 0 Å². The van der Waals surface area contributed by atoms with Gasteiger partial charge in [-0.2, -0.15) is 0 Å². The van der Waals surface area contributed by atoms with Crippen molar-refractivity contribution in [2.45, 2.75) is 6.92 Å². The number of ketones is 1. The number of anilines is 1. The standard InChI is InChI=1S/C17H17N3O7/c1-10(21)11-6-14(19(2)8-11)17(23)27-9-16(22)18-13-5-4-12(20(24)25)7-15(13)26-3/h4-8H,9H2,1-3H3,(H,18,22). The van der Waals surface area contributed by atoms with E-state index in [0.717, 1.165) is 6.07 Å². The van der Waals surface area contributed by atoms with Gasteiger partial charge in [0.1, 0.15) is 11.4 Å². The van der Waals surface area contributed by atoms with E-state index < -0.39 is 23.4 Å². The zero-order valence-electron chi connectivity index (χ0n) is 14.8. The van der Waals surface area contributed by atoms with Crippen LogP contribution in [0, 0.1) is 10.1 Å². The molecule has 10 nitrogen and oxygen atoms in total. The fourth-order valence-corrected chi connectivity index (χ4v) is 2.25. The molecule has 0 bridgehead atoms. The van der Waals surface area contributed by atoms with Gasteiger partial charge in [0.25, 0.3) is 11.6 Å². The number of Topliss-reactive ketones (excluding diaryl/α,β-unsaturated/α-hetero) is 1. The minimum absolute atomic E-state index is 0.0948. The number of non-ortho nitro benzene ring substituents is 1. The molecule has 0 aliphatic rings. The predicted molar refractivity (Wildman–Crippen MR) is 94.0 cm³/mol. The third-order valence-corrected chi connectivity index (χ3v) is 3.62. The van der Waals surface area contributed by atoms with Gasteiger partial charge in [-0.05, 0) is 19.1 Å². The number of carbonyl (C=O) groups is 3. The van der Waals surface area contributed by atoms with Crippen molar-refractivity contribution in [2.75, 3.05) is 19.0 Å². The van der Waals surface area contributed by atoms with Gasteiger partial charge in [0.2, 0.25) is 0 Å². The minimum atomic E-state index is -0.768. The Balaban J connectivity index is 2.01. The molecule has 0 aliphatic heterocycles. The van der Waals surface area contributed by atoms with Crippen LogP contribution in [0.4, 0.5) is 11.4 Å². The second-order valence-corrected chi connectivity index (χ2v) is 5.55. The quantitative estimate of drug-likeness (QED) is 0.339. The predicted octanol–water partition coefficient (Wildman–Crippen LogP) is 1.94. The lowest BCUT2D eigenvalue weighted by atomic mass is 10.2. The minimum Gasteiger partial charge on any atom is -0.494 e. The molecular weight excluding hydrogens is 358 g/mol. The molecule has 0 atom stereocenters. The Bertz CT molecular complexity index is 917. The van der Waals surface area contributed by atoms with E-state index in [9.17, 15) is 24.5 Å². The van der Waals surface area contributed by atoms with E-state index in [1.807, 2.05) is 0 Å². The number of hydrogen-bond donors (Lipinski definition) is 1. The van der Waals surface area contributed by atoms with Crippen LogP contribution in [0.5, 0.6) is 5.75 Å². The molecule has 1 amide bonds. The number of methoxy groups -OCH3 is 1. The second kappa shape index (κ2) is 8.13. The molecule has 10 heteroatoms. The van der Waals surface area contributed by atoms with E-state index in [4.69, 9.17) is 9.47 Å². The van der Waals surface area contributed by atoms with Gasteiger partial charge in [-0.1, -0.05) is 0 Å². The molecule has 0 saturated carbocycles. The zero-order valence-corrected chi connectivity index (χ0v) is 14.8. The Labute approximate surface area is 153 Å². The van der Waals surface area contributed by atoms with Crippen LogP contribution in [0.1, 0.15) is 27.8 Å². The van der Waals surface area contributed by atoms with E-state index in [1.54, 1.807) is 7.05 Å². The zero-order chi connectivity index (χ0) is 20.1. The number of ether oxygens (including phenoxy) is 2. The summed E-state index contributed by atoms with van der Waals surface area (Å²) in [4.78, 5) is 45.6. The highest BCUT2D eigenvalue weighted by Gasteiger charge is 2.18. The lowest BCUT2D eigenvalue weighted by Gasteiger charge is -2.10. The van der Waals surface area contributed by atoms with Gasteiger partial charge < -0.3 is 19.4 Å². The largest absolute Gasteiger partial charge is 0.494 e. The second-order valence-electron chi connectivity index (χ2n) is 5.55. The number of rotatable bonds is 7. The summed E-state index contributed by atoms with van der Waals surface area (Å²) in [7, 11) is 2.88. The number of esters is 1. The number of nitro groups is 1. The maximum absolute atomic E-state index is 12.1. The summed E-state index contributed by atoms with van der Waals surface area (Å²) in [6.07, 6.45) is 1.49. The van der Waals surface area contributed by atoms with Crippen LogP contribution in [0.25, 0.3) is 0 Å². The molecule has 142 valence electrons. The Morgan fingerprint density at radius 3 is 2.52 bits per heavy atom. The van der Waals surface area contributed by atoms with Gasteiger partial charge >= 0.3 is 5.97 Å². The first kappa shape index (κ1) is 19.6. The first-order chi connectivity index (χ1) is 12.7. The van der Waals surface area contributed by atoms with Gasteiger partial charge in [-0.3, -0.25) is 19.7 Å². The summed E-state index contributed by atoms with van der Waals surface area (Å²) in [5.41, 5.74) is 0.480. The van der Waals surface area contributed by atoms with Crippen LogP contribution in [-0.4, -0.2) is 40.9 Å². The molecule has 0 fully saturated rings. The van der Waals surface area contributed by atoms with Crippen molar-refractivity contribution in [3.63, 3.8) is 0 Å². The van der Waals surface area contributed by atoms with E-state index >= 15 is 0 Å². The first-order valence-corrected chi connectivity index (χ1v) is 7.69. The highest BCUT2D eigenvalue weighted by Crippen LogP contribution is 2.28. The Hall–Kier alpha value is -3.69. The molecule has 0 spiro atoms. The van der Waals surface area contributed by atoms with Gasteiger partial charge in [-0.25, -0.2) is 4.79 Å². The topological polar surface area (TPSA) is 130 Å². The SMILES string of the molecule is COc1cc([N+](=O)[O-])ccc1NC(=O)COC(=O)c1cc(C(C)=O)cn1C.